The van der Waals surface area contributed by atoms with E-state index >= 15 is 0 Å². The van der Waals surface area contributed by atoms with Gasteiger partial charge < -0.3 is 11.5 Å². The monoisotopic (exact) mass is 480 g/mol. The van der Waals surface area contributed by atoms with Crippen molar-refractivity contribution >= 4 is 5.84 Å². The molecule has 204 valence electrons. The van der Waals surface area contributed by atoms with E-state index in [1.165, 1.54) is 154 Å². The van der Waals surface area contributed by atoms with Gasteiger partial charge >= 0.3 is 0 Å². The third-order valence-corrected chi connectivity index (χ3v) is 7.60. The van der Waals surface area contributed by atoms with Gasteiger partial charge in [0.25, 0.3) is 0 Å². The number of hydrogen-bond donors (Lipinski definition) is 3. The predicted molar refractivity (Wildman–Crippen MR) is 155 cm³/mol. The predicted octanol–water partition coefficient (Wildman–Crippen LogP) is 10.2. The lowest BCUT2D eigenvalue weighted by Gasteiger charge is -2.29. The lowest BCUT2D eigenvalue weighted by Crippen LogP contribution is -2.43. The topological polar surface area (TPSA) is 75.9 Å². The van der Waals surface area contributed by atoms with Crippen LogP contribution in [0.5, 0.6) is 0 Å². The molecule has 34 heavy (non-hydrogen) atoms. The van der Waals surface area contributed by atoms with Crippen LogP contribution < -0.4 is 11.5 Å². The van der Waals surface area contributed by atoms with Crippen molar-refractivity contribution in [1.29, 1.82) is 5.41 Å². The first-order valence-corrected chi connectivity index (χ1v) is 15.7. The average molecular weight is 480 g/mol. The molecule has 0 heterocycles. The van der Waals surface area contributed by atoms with E-state index < -0.39 is 0 Å². The van der Waals surface area contributed by atoms with Gasteiger partial charge in [-0.3, -0.25) is 5.41 Å². The summed E-state index contributed by atoms with van der Waals surface area (Å²) in [4.78, 5) is 0. The molecule has 0 aliphatic rings. The molecule has 0 bridgehead atoms. The average Bonchev–Trinajstić information content (AvgIpc) is 2.80. The zero-order valence-electron chi connectivity index (χ0n) is 23.7. The molecule has 0 aliphatic heterocycles. The van der Waals surface area contributed by atoms with Crippen LogP contribution in [0.15, 0.2) is 0 Å². The number of hydrogen-bond acceptors (Lipinski definition) is 2. The number of rotatable bonds is 28. The minimum atomic E-state index is -0.247. The molecule has 0 unspecified atom stereocenters. The Morgan fingerprint density at radius 1 is 0.471 bits per heavy atom. The highest BCUT2D eigenvalue weighted by Gasteiger charge is 2.24. The summed E-state index contributed by atoms with van der Waals surface area (Å²) >= 11 is 0. The standard InChI is InChI=1S/C31H65N3/c1-3-5-7-9-11-13-15-17-19-21-23-25-27-31(34,29-30(32)33)28-26-24-22-20-18-16-14-12-10-8-6-4-2/h3-29,34H2,1-2H3,(H3,32,33). The van der Waals surface area contributed by atoms with Crippen LogP contribution in [-0.2, 0) is 0 Å². The van der Waals surface area contributed by atoms with Gasteiger partial charge in [0, 0.05) is 12.0 Å². The smallest absolute Gasteiger partial charge is 0.0923 e. The highest BCUT2D eigenvalue weighted by molar-refractivity contribution is 5.78. The Morgan fingerprint density at radius 2 is 0.706 bits per heavy atom. The quantitative estimate of drug-likeness (QED) is 0.0592. The minimum absolute atomic E-state index is 0.247. The summed E-state index contributed by atoms with van der Waals surface area (Å²) in [5.74, 6) is 0.264. The van der Waals surface area contributed by atoms with Gasteiger partial charge in [-0.05, 0) is 12.8 Å². The van der Waals surface area contributed by atoms with Crippen molar-refractivity contribution < 1.29 is 0 Å². The highest BCUT2D eigenvalue weighted by Crippen LogP contribution is 2.24. The molecule has 3 heteroatoms. The molecule has 0 rings (SSSR count). The Labute approximate surface area is 215 Å². The Balaban J connectivity index is 3.70. The van der Waals surface area contributed by atoms with Crippen LogP contribution in [0.3, 0.4) is 0 Å². The van der Waals surface area contributed by atoms with Crippen LogP contribution in [0.25, 0.3) is 0 Å². The zero-order chi connectivity index (χ0) is 25.2. The molecule has 0 radical (unpaired) electrons. The lowest BCUT2D eigenvalue weighted by molar-refractivity contribution is 0.343. The van der Waals surface area contributed by atoms with Crippen molar-refractivity contribution in [3.05, 3.63) is 0 Å². The second-order valence-corrected chi connectivity index (χ2v) is 11.3. The molecule has 0 aromatic carbocycles. The van der Waals surface area contributed by atoms with Gasteiger partial charge in [-0.1, -0.05) is 168 Å². The first kappa shape index (κ1) is 33.4. The summed E-state index contributed by atoms with van der Waals surface area (Å²) in [6.07, 6.45) is 35.6. The van der Waals surface area contributed by atoms with Gasteiger partial charge in [0.15, 0.2) is 0 Å². The molecule has 0 aromatic rings. The molecule has 0 saturated carbocycles. The van der Waals surface area contributed by atoms with Gasteiger partial charge in [0.1, 0.15) is 0 Å². The van der Waals surface area contributed by atoms with Crippen LogP contribution in [-0.4, -0.2) is 11.4 Å². The van der Waals surface area contributed by atoms with E-state index in [2.05, 4.69) is 13.8 Å². The van der Waals surface area contributed by atoms with Crippen molar-refractivity contribution in [2.75, 3.05) is 0 Å². The van der Waals surface area contributed by atoms with Crippen LogP contribution in [0.4, 0.5) is 0 Å². The fourth-order valence-corrected chi connectivity index (χ4v) is 5.32. The summed E-state index contributed by atoms with van der Waals surface area (Å²) in [7, 11) is 0. The summed E-state index contributed by atoms with van der Waals surface area (Å²) in [5, 5.41) is 7.78. The van der Waals surface area contributed by atoms with Crippen LogP contribution in [0, 0.1) is 5.41 Å². The molecule has 0 saturated heterocycles. The second kappa shape index (κ2) is 25.5. The van der Waals surface area contributed by atoms with E-state index in [1.54, 1.807) is 0 Å². The Morgan fingerprint density at radius 3 is 0.941 bits per heavy atom. The molecule has 0 amide bonds. The lowest BCUT2D eigenvalue weighted by atomic mass is 9.84. The fraction of sp³-hybridized carbons (Fsp3) is 0.968. The van der Waals surface area contributed by atoms with Crippen LogP contribution >= 0.6 is 0 Å². The molecule has 0 aromatic heterocycles. The Hall–Kier alpha value is -0.570. The van der Waals surface area contributed by atoms with Crippen molar-refractivity contribution in [1.82, 2.24) is 0 Å². The van der Waals surface area contributed by atoms with E-state index in [9.17, 15) is 0 Å². The molecule has 0 aliphatic carbocycles. The molecule has 0 atom stereocenters. The van der Waals surface area contributed by atoms with E-state index in [0.717, 1.165) is 12.8 Å². The van der Waals surface area contributed by atoms with Gasteiger partial charge in [0.2, 0.25) is 0 Å². The van der Waals surface area contributed by atoms with Gasteiger partial charge in [-0.25, -0.2) is 0 Å². The SMILES string of the molecule is CCCCCCCCCCCCCCC(N)(CCCCCCCCCCCCCC)CC(=N)N. The fourth-order valence-electron chi connectivity index (χ4n) is 5.32. The molecular formula is C31H65N3. The zero-order valence-corrected chi connectivity index (χ0v) is 23.7. The third-order valence-electron chi connectivity index (χ3n) is 7.60. The molecule has 5 N–H and O–H groups in total. The highest BCUT2D eigenvalue weighted by atomic mass is 14.8. The maximum atomic E-state index is 7.78. The van der Waals surface area contributed by atoms with Crippen molar-refractivity contribution in [3.8, 4) is 0 Å². The molecule has 0 spiro atoms. The maximum absolute atomic E-state index is 7.78. The third kappa shape index (κ3) is 24.6. The largest absolute Gasteiger partial charge is 0.388 e. The number of amidine groups is 1. The van der Waals surface area contributed by atoms with Gasteiger partial charge in [0.05, 0.1) is 5.84 Å². The van der Waals surface area contributed by atoms with Crippen LogP contribution in [0.1, 0.15) is 187 Å². The number of nitrogens with one attached hydrogen (secondary N) is 1. The van der Waals surface area contributed by atoms with Gasteiger partial charge in [-0.2, -0.15) is 0 Å². The first-order valence-electron chi connectivity index (χ1n) is 15.7. The Bertz CT molecular complexity index is 393. The van der Waals surface area contributed by atoms with Crippen molar-refractivity contribution in [2.45, 2.75) is 193 Å². The maximum Gasteiger partial charge on any atom is 0.0923 e. The van der Waals surface area contributed by atoms with E-state index in [4.69, 9.17) is 16.9 Å². The summed E-state index contributed by atoms with van der Waals surface area (Å²) in [5.41, 5.74) is 12.2. The minimum Gasteiger partial charge on any atom is -0.388 e. The number of unbranched alkanes of at least 4 members (excludes halogenated alkanes) is 22. The Kier molecular flexibility index (Phi) is 25.1. The summed E-state index contributed by atoms with van der Waals surface area (Å²) in [6.45, 7) is 4.57. The normalized spacial score (nSPS) is 11.9. The first-order chi connectivity index (χ1) is 16.5. The second-order valence-electron chi connectivity index (χ2n) is 11.3. The molecule has 3 nitrogen and oxygen atoms in total. The summed E-state index contributed by atoms with van der Waals surface area (Å²) < 4.78 is 0. The molecular weight excluding hydrogens is 414 g/mol. The van der Waals surface area contributed by atoms with Crippen molar-refractivity contribution in [3.63, 3.8) is 0 Å². The van der Waals surface area contributed by atoms with E-state index in [0.29, 0.717) is 6.42 Å². The van der Waals surface area contributed by atoms with E-state index in [-0.39, 0.29) is 11.4 Å². The van der Waals surface area contributed by atoms with Crippen molar-refractivity contribution in [2.24, 2.45) is 11.5 Å². The number of nitrogens with two attached hydrogens (primary N) is 2. The summed E-state index contributed by atoms with van der Waals surface area (Å²) in [6, 6.07) is 0. The van der Waals surface area contributed by atoms with E-state index in [1.807, 2.05) is 0 Å². The van der Waals surface area contributed by atoms with Crippen LogP contribution in [0.2, 0.25) is 0 Å². The molecule has 0 fully saturated rings. The van der Waals surface area contributed by atoms with Gasteiger partial charge in [-0.15, -0.1) is 0 Å².